The van der Waals surface area contributed by atoms with E-state index in [0.29, 0.717) is 18.6 Å². The highest BCUT2D eigenvalue weighted by molar-refractivity contribution is 6.58. The summed E-state index contributed by atoms with van der Waals surface area (Å²) < 4.78 is 44.2. The Bertz CT molecular complexity index is 621. The smallest absolute Gasteiger partial charge is 0.173 e. The maximum Gasteiger partial charge on any atom is 0.173 e. The molecule has 28 heavy (non-hydrogen) atoms. The third kappa shape index (κ3) is 5.61. The van der Waals surface area contributed by atoms with Crippen molar-refractivity contribution in [1.29, 1.82) is 0 Å². The zero-order valence-corrected chi connectivity index (χ0v) is 19.3. The summed E-state index contributed by atoms with van der Waals surface area (Å²) in [5, 5.41) is 0. The summed E-state index contributed by atoms with van der Waals surface area (Å²) >= 11 is 0. The number of benzene rings is 1. The minimum absolute atomic E-state index is 0.169. The first-order chi connectivity index (χ1) is 13.1. The van der Waals surface area contributed by atoms with Gasteiger partial charge >= 0.3 is 0 Å². The largest absolute Gasteiger partial charge is 0.376 e. The van der Waals surface area contributed by atoms with Gasteiger partial charge in [0.1, 0.15) is 26.8 Å². The molecule has 1 fully saturated rings. The van der Waals surface area contributed by atoms with Crippen LogP contribution in [0.25, 0.3) is 0 Å². The number of hydrogen-bond acceptors (Lipinski definition) is 5. The minimum atomic E-state index is -1.42. The fourth-order valence-electron chi connectivity index (χ4n) is 3.56. The molecule has 1 aromatic rings. The molecular formula is C21H35FO5Si. The second-order valence-corrected chi connectivity index (χ2v) is 11.7. The maximum atomic E-state index is 14.0. The molecule has 0 aliphatic carbocycles. The second-order valence-electron chi connectivity index (χ2n) is 8.56. The zero-order chi connectivity index (χ0) is 20.9. The van der Waals surface area contributed by atoms with Gasteiger partial charge in [-0.2, -0.15) is 0 Å². The third-order valence-electron chi connectivity index (χ3n) is 5.15. The van der Waals surface area contributed by atoms with Gasteiger partial charge in [0.25, 0.3) is 0 Å². The van der Waals surface area contributed by atoms with Crippen LogP contribution >= 0.6 is 0 Å². The molecule has 1 aromatic carbocycles. The van der Waals surface area contributed by atoms with Crippen LogP contribution in [0.15, 0.2) is 24.3 Å². The van der Waals surface area contributed by atoms with Gasteiger partial charge in [0.05, 0.1) is 24.9 Å². The van der Waals surface area contributed by atoms with Crippen LogP contribution in [0.2, 0.25) is 13.1 Å². The molecule has 5 nitrogen and oxygen atoms in total. The molecule has 0 bridgehead atoms. The normalized spacial score (nSPS) is 28.7. The van der Waals surface area contributed by atoms with Gasteiger partial charge in [-0.25, -0.2) is 4.39 Å². The zero-order valence-electron chi connectivity index (χ0n) is 18.2. The van der Waals surface area contributed by atoms with Crippen molar-refractivity contribution in [2.45, 2.75) is 76.2 Å². The maximum absolute atomic E-state index is 14.0. The predicted octanol–water partition coefficient (Wildman–Crippen LogP) is 3.70. The Morgan fingerprint density at radius 1 is 1.21 bits per heavy atom. The van der Waals surface area contributed by atoms with E-state index in [1.165, 1.54) is 6.07 Å². The summed E-state index contributed by atoms with van der Waals surface area (Å²) in [5.41, 5.74) is -0.532. The predicted molar refractivity (Wildman–Crippen MR) is 110 cm³/mol. The monoisotopic (exact) mass is 414 g/mol. The average Bonchev–Trinajstić information content (AvgIpc) is 2.64. The molecule has 0 aromatic heterocycles. The van der Waals surface area contributed by atoms with Crippen molar-refractivity contribution in [2.75, 3.05) is 20.8 Å². The van der Waals surface area contributed by atoms with Gasteiger partial charge in [-0.1, -0.05) is 31.3 Å². The van der Waals surface area contributed by atoms with Crippen LogP contribution in [0.4, 0.5) is 4.39 Å². The van der Waals surface area contributed by atoms with Gasteiger partial charge in [0.15, 0.2) is 5.41 Å². The molecule has 0 amide bonds. The van der Waals surface area contributed by atoms with Crippen molar-refractivity contribution in [3.8, 4) is 0 Å². The van der Waals surface area contributed by atoms with Gasteiger partial charge in [-0.05, 0) is 26.8 Å². The first-order valence-electron chi connectivity index (χ1n) is 9.87. The number of hydrogen-bond donors (Lipinski definition) is 0. The second kappa shape index (κ2) is 9.78. The fraction of sp³-hybridized carbons (Fsp3) is 0.714. The molecule has 0 spiro atoms. The van der Waals surface area contributed by atoms with Crippen molar-refractivity contribution >= 4 is 8.80 Å². The number of halogens is 1. The lowest BCUT2D eigenvalue weighted by molar-refractivity contribution is -0.308. The number of rotatable bonds is 8. The van der Waals surface area contributed by atoms with E-state index in [0.717, 1.165) is 0 Å². The van der Waals surface area contributed by atoms with Crippen LogP contribution in [0.5, 0.6) is 0 Å². The van der Waals surface area contributed by atoms with Gasteiger partial charge in [-0.3, -0.25) is 0 Å². The Balaban J connectivity index is 2.20. The molecule has 4 atom stereocenters. The standard InChI is InChI=1S/C21H35FO5Si/c1-20(2,3)26-14-18-17(25-13-15-10-8-9-11-16(15)22)12-19(23-4)21(24-5,27-18)28(6)7/h8-11,17-19,28H,12-14H2,1-7H3/t17-,18+,19+,21+/m0/s1. The van der Waals surface area contributed by atoms with Crippen LogP contribution < -0.4 is 0 Å². The van der Waals surface area contributed by atoms with Crippen LogP contribution in [0.1, 0.15) is 32.8 Å². The Labute approximate surface area is 170 Å². The molecule has 2 rings (SSSR count). The highest BCUT2D eigenvalue weighted by Gasteiger charge is 2.52. The van der Waals surface area contributed by atoms with E-state index in [1.807, 2.05) is 20.8 Å². The highest BCUT2D eigenvalue weighted by Crippen LogP contribution is 2.36. The van der Waals surface area contributed by atoms with Crippen LogP contribution in [0.3, 0.4) is 0 Å². The van der Waals surface area contributed by atoms with E-state index in [9.17, 15) is 4.39 Å². The first-order valence-corrected chi connectivity index (χ1v) is 12.8. The molecular weight excluding hydrogens is 379 g/mol. The first kappa shape index (κ1) is 23.4. The summed E-state index contributed by atoms with van der Waals surface area (Å²) in [6.45, 7) is 10.9. The summed E-state index contributed by atoms with van der Waals surface area (Å²) in [4.78, 5) is 0. The molecule has 1 saturated heterocycles. The van der Waals surface area contributed by atoms with E-state index >= 15 is 0 Å². The summed E-state index contributed by atoms with van der Waals surface area (Å²) in [5.74, 6) is -0.272. The van der Waals surface area contributed by atoms with Crippen LogP contribution in [0, 0.1) is 5.82 Å². The van der Waals surface area contributed by atoms with Crippen molar-refractivity contribution in [1.82, 2.24) is 0 Å². The van der Waals surface area contributed by atoms with Crippen molar-refractivity contribution in [3.05, 3.63) is 35.6 Å². The number of methoxy groups -OCH3 is 2. The third-order valence-corrected chi connectivity index (χ3v) is 7.50. The Morgan fingerprint density at radius 3 is 2.43 bits per heavy atom. The molecule has 1 aliphatic heterocycles. The molecule has 0 radical (unpaired) electrons. The van der Waals surface area contributed by atoms with E-state index in [1.54, 1.807) is 32.4 Å². The Kier molecular flexibility index (Phi) is 8.19. The molecule has 160 valence electrons. The van der Waals surface area contributed by atoms with Crippen molar-refractivity contribution in [3.63, 3.8) is 0 Å². The average molecular weight is 415 g/mol. The van der Waals surface area contributed by atoms with Crippen molar-refractivity contribution < 1.29 is 28.1 Å². The van der Waals surface area contributed by atoms with Gasteiger partial charge < -0.3 is 23.7 Å². The molecule has 1 heterocycles. The van der Waals surface area contributed by atoms with Crippen molar-refractivity contribution in [2.24, 2.45) is 0 Å². The molecule has 1 aliphatic rings. The van der Waals surface area contributed by atoms with Gasteiger partial charge in [0, 0.05) is 26.2 Å². The lowest BCUT2D eigenvalue weighted by atomic mass is 10.0. The number of ether oxygens (including phenoxy) is 5. The van der Waals surface area contributed by atoms with Gasteiger partial charge in [-0.15, -0.1) is 0 Å². The van der Waals surface area contributed by atoms with E-state index in [4.69, 9.17) is 23.7 Å². The Morgan fingerprint density at radius 2 is 1.89 bits per heavy atom. The quantitative estimate of drug-likeness (QED) is 0.607. The van der Waals surface area contributed by atoms with E-state index < -0.39 is 14.2 Å². The Hall–Kier alpha value is -0.833. The molecule has 0 saturated carbocycles. The van der Waals surface area contributed by atoms with E-state index in [2.05, 4.69) is 13.1 Å². The highest BCUT2D eigenvalue weighted by atomic mass is 28.3. The van der Waals surface area contributed by atoms with Gasteiger partial charge in [0.2, 0.25) is 0 Å². The molecule has 7 heteroatoms. The van der Waals surface area contributed by atoms with Crippen LogP contribution in [-0.4, -0.2) is 58.9 Å². The SMILES string of the molecule is CO[C@@H]1C[C@H](OCc2ccccc2F)[C@@H](COC(C)(C)C)O[C@@]1(OC)[SiH](C)C. The minimum Gasteiger partial charge on any atom is -0.376 e. The molecule has 0 unspecified atom stereocenters. The summed E-state index contributed by atoms with van der Waals surface area (Å²) in [6, 6.07) is 6.64. The topological polar surface area (TPSA) is 46.2 Å². The van der Waals surface area contributed by atoms with Crippen LogP contribution in [-0.2, 0) is 30.3 Å². The lowest BCUT2D eigenvalue weighted by Crippen LogP contribution is -2.65. The summed E-state index contributed by atoms with van der Waals surface area (Å²) in [6.07, 6.45) is -0.266. The van der Waals surface area contributed by atoms with E-state index in [-0.39, 0.29) is 36.3 Å². The lowest BCUT2D eigenvalue weighted by Gasteiger charge is -2.50. The fourth-order valence-corrected chi connectivity index (χ4v) is 5.49. The summed E-state index contributed by atoms with van der Waals surface area (Å²) in [7, 11) is 1.91. The molecule has 0 N–H and O–H groups in total.